The van der Waals surface area contributed by atoms with E-state index in [2.05, 4.69) is 10.2 Å². The van der Waals surface area contributed by atoms with Gasteiger partial charge in [0.2, 0.25) is 5.85 Å². The van der Waals surface area contributed by atoms with Crippen LogP contribution in [0.25, 0.3) is 10.1 Å². The van der Waals surface area contributed by atoms with Crippen molar-refractivity contribution in [2.45, 2.75) is 83.0 Å². The number of thiophene rings is 1. The van der Waals surface area contributed by atoms with Crippen molar-refractivity contribution in [3.8, 4) is 0 Å². The van der Waals surface area contributed by atoms with Gasteiger partial charge in [0.15, 0.2) is 5.78 Å². The van der Waals surface area contributed by atoms with Gasteiger partial charge in [-0.05, 0) is 76.1 Å². The zero-order valence-corrected chi connectivity index (χ0v) is 28.2. The second-order valence-corrected chi connectivity index (χ2v) is 14.3. The number of nitrogens with zero attached hydrogens (tertiary/aromatic N) is 2. The third kappa shape index (κ3) is 7.11. The number of hydrogen-bond donors (Lipinski definition) is 2. The lowest BCUT2D eigenvalue weighted by molar-refractivity contribution is -0.274. The van der Waals surface area contributed by atoms with Crippen LogP contribution in [0.15, 0.2) is 41.8 Å². The molecule has 1 aliphatic carbocycles. The average Bonchev–Trinajstić information content (AvgIpc) is 3.73. The molecule has 3 aliphatic rings. The molecule has 2 aliphatic heterocycles. The molecule has 2 aromatic carbocycles. The van der Waals surface area contributed by atoms with Crippen molar-refractivity contribution in [2.24, 2.45) is 5.92 Å². The summed E-state index contributed by atoms with van der Waals surface area (Å²) >= 11 is 8.07. The van der Waals surface area contributed by atoms with E-state index in [1.165, 1.54) is 23.5 Å². The number of likely N-dealkylation sites (tertiary alicyclic amines) is 1. The molecule has 1 saturated carbocycles. The molecule has 3 aromatic rings. The molecule has 1 unspecified atom stereocenters. The summed E-state index contributed by atoms with van der Waals surface area (Å²) in [4.78, 5) is 43.7. The summed E-state index contributed by atoms with van der Waals surface area (Å²) in [6, 6.07) is 10.1. The molecule has 6 rings (SSSR count). The number of fused-ring (bicyclic) bond motifs is 1. The predicted molar refractivity (Wildman–Crippen MR) is 179 cm³/mol. The number of Topliss-reactive ketones (excluding diaryl/α,β-unsaturated/α-hetero) is 1. The first-order chi connectivity index (χ1) is 22.5. The van der Waals surface area contributed by atoms with E-state index < -0.39 is 29.5 Å². The van der Waals surface area contributed by atoms with E-state index in [1.54, 1.807) is 5.38 Å². The Bertz CT molecular complexity index is 1630. The van der Waals surface area contributed by atoms with Crippen molar-refractivity contribution >= 4 is 56.4 Å². The molecule has 2 N–H and O–H groups in total. The average molecular weight is 686 g/mol. The highest BCUT2D eigenvalue weighted by molar-refractivity contribution is 7.17. The normalized spacial score (nSPS) is 25.4. The molecule has 1 aromatic heterocycles. The zero-order chi connectivity index (χ0) is 33.3. The maximum Gasteiger partial charge on any atom is 0.306 e. The van der Waals surface area contributed by atoms with E-state index in [0.29, 0.717) is 57.4 Å². The molecule has 0 spiro atoms. The monoisotopic (exact) mass is 685 g/mol. The molecule has 12 heteroatoms. The molecule has 1 amide bonds. The third-order valence-corrected chi connectivity index (χ3v) is 10.8. The van der Waals surface area contributed by atoms with Gasteiger partial charge in [0, 0.05) is 48.1 Å². The molecular weight excluding hydrogens is 645 g/mol. The number of aliphatic carboxylic acids is 1. The standard InChI is InChI=1S/C35H41ClFN3O6S/c1-21-18-40(19-22(2)45-21)35(39-13-5-6-14-39,46-25-11-9-23(10-12-25)34(43)44)32(41)16-24-15-28(36)30(17-29(24)37)38-33(42)27-20-47-31-8-4-3-7-26(27)31/h3-4,7-8,15,17,20-23,25H,5-6,9-14,16,18-19H2,1-2H3,(H,38,42)(H,43,44)/t21-,22+,23?,25?,35?. The first-order valence-corrected chi connectivity index (χ1v) is 17.7. The zero-order valence-electron chi connectivity index (χ0n) is 26.7. The van der Waals surface area contributed by atoms with E-state index in [4.69, 9.17) is 21.1 Å². The van der Waals surface area contributed by atoms with Gasteiger partial charge in [-0.3, -0.25) is 24.2 Å². The van der Waals surface area contributed by atoms with Crippen LogP contribution < -0.4 is 5.32 Å². The number of halogens is 2. The van der Waals surface area contributed by atoms with Crippen LogP contribution in [0.5, 0.6) is 0 Å². The fourth-order valence-electron chi connectivity index (χ4n) is 7.32. The summed E-state index contributed by atoms with van der Waals surface area (Å²) in [7, 11) is 0. The lowest BCUT2D eigenvalue weighted by atomic mass is 9.87. The first kappa shape index (κ1) is 34.0. The van der Waals surface area contributed by atoms with Crippen LogP contribution >= 0.6 is 22.9 Å². The highest BCUT2D eigenvalue weighted by atomic mass is 35.5. The molecule has 3 heterocycles. The van der Waals surface area contributed by atoms with Crippen molar-refractivity contribution in [3.63, 3.8) is 0 Å². The van der Waals surface area contributed by atoms with Gasteiger partial charge in [-0.25, -0.2) is 4.39 Å². The largest absolute Gasteiger partial charge is 0.481 e. The van der Waals surface area contributed by atoms with Crippen molar-refractivity contribution in [1.82, 2.24) is 9.80 Å². The highest BCUT2D eigenvalue weighted by Crippen LogP contribution is 2.38. The first-order valence-electron chi connectivity index (χ1n) is 16.4. The molecular formula is C35H41ClFN3O6S. The number of ether oxygens (including phenoxy) is 2. The van der Waals surface area contributed by atoms with Crippen LogP contribution in [0.4, 0.5) is 10.1 Å². The lowest BCUT2D eigenvalue weighted by Gasteiger charge is -2.52. The number of ketones is 1. The maximum atomic E-state index is 15.8. The Labute approximate surface area is 283 Å². The smallest absolute Gasteiger partial charge is 0.306 e. The number of carbonyl (C=O) groups excluding carboxylic acids is 2. The maximum absolute atomic E-state index is 15.8. The molecule has 3 atom stereocenters. The Morgan fingerprint density at radius 3 is 2.43 bits per heavy atom. The number of benzene rings is 2. The Balaban J connectivity index is 1.29. The van der Waals surface area contributed by atoms with E-state index in [1.807, 2.05) is 43.0 Å². The summed E-state index contributed by atoms with van der Waals surface area (Å²) in [5.74, 6) is -4.08. The minimum atomic E-state index is -1.48. The number of carbonyl (C=O) groups is 3. The quantitative estimate of drug-likeness (QED) is 0.247. The number of rotatable bonds is 10. The van der Waals surface area contributed by atoms with Gasteiger partial charge >= 0.3 is 5.97 Å². The van der Waals surface area contributed by atoms with Crippen LogP contribution in [0, 0.1) is 11.7 Å². The number of carboxylic acid groups (broad SMARTS) is 1. The Kier molecular flexibility index (Phi) is 10.3. The summed E-state index contributed by atoms with van der Waals surface area (Å²) in [5, 5.41) is 15.0. The Morgan fingerprint density at radius 2 is 1.74 bits per heavy atom. The van der Waals surface area contributed by atoms with Gasteiger partial charge < -0.3 is 19.9 Å². The van der Waals surface area contributed by atoms with E-state index in [-0.39, 0.29) is 46.8 Å². The van der Waals surface area contributed by atoms with Crippen molar-refractivity contribution < 1.29 is 33.4 Å². The molecule has 2 saturated heterocycles. The number of carboxylic acids is 1. The van der Waals surface area contributed by atoms with Crippen molar-refractivity contribution in [1.29, 1.82) is 0 Å². The fourth-order valence-corrected chi connectivity index (χ4v) is 8.50. The van der Waals surface area contributed by atoms with Gasteiger partial charge in [-0.15, -0.1) is 11.3 Å². The summed E-state index contributed by atoms with van der Waals surface area (Å²) in [5.41, 5.74) is 0.698. The number of morpholine rings is 1. The van der Waals surface area contributed by atoms with Crippen LogP contribution in [0.1, 0.15) is 68.3 Å². The number of anilines is 1. The summed E-state index contributed by atoms with van der Waals surface area (Å²) < 4.78 is 29.8. The van der Waals surface area contributed by atoms with Crippen LogP contribution in [0.3, 0.4) is 0 Å². The second kappa shape index (κ2) is 14.3. The number of hydrogen-bond acceptors (Lipinski definition) is 8. The molecule has 9 nitrogen and oxygen atoms in total. The van der Waals surface area contributed by atoms with Gasteiger partial charge in [0.25, 0.3) is 5.91 Å². The van der Waals surface area contributed by atoms with Crippen molar-refractivity contribution in [3.05, 3.63) is 63.7 Å². The molecule has 47 heavy (non-hydrogen) atoms. The van der Waals surface area contributed by atoms with E-state index in [9.17, 15) is 19.5 Å². The molecule has 252 valence electrons. The van der Waals surface area contributed by atoms with Gasteiger partial charge in [-0.1, -0.05) is 29.8 Å². The van der Waals surface area contributed by atoms with Crippen LogP contribution in [0.2, 0.25) is 5.02 Å². The topological polar surface area (TPSA) is 108 Å². The minimum Gasteiger partial charge on any atom is -0.481 e. The molecule has 0 radical (unpaired) electrons. The lowest BCUT2D eigenvalue weighted by Crippen LogP contribution is -2.71. The third-order valence-electron chi connectivity index (χ3n) is 9.56. The Morgan fingerprint density at radius 1 is 1.06 bits per heavy atom. The summed E-state index contributed by atoms with van der Waals surface area (Å²) in [6.45, 7) is 6.10. The van der Waals surface area contributed by atoms with E-state index >= 15 is 4.39 Å². The Hall–Kier alpha value is -2.93. The molecule has 0 bridgehead atoms. The number of nitrogens with one attached hydrogen (secondary N) is 1. The fraction of sp³-hybridized carbons (Fsp3) is 0.514. The number of amides is 1. The van der Waals surface area contributed by atoms with Crippen LogP contribution in [-0.2, 0) is 25.5 Å². The predicted octanol–water partition coefficient (Wildman–Crippen LogP) is 6.58. The summed E-state index contributed by atoms with van der Waals surface area (Å²) in [6.07, 6.45) is 2.84. The SMILES string of the molecule is C[C@@H]1CN(C(OC2CCC(C(=O)O)CC2)(C(=O)Cc2cc(Cl)c(NC(=O)c3csc4ccccc34)cc2F)N2CCCC2)C[C@H](C)O1. The molecule has 3 fully saturated rings. The highest BCUT2D eigenvalue weighted by Gasteiger charge is 2.54. The van der Waals surface area contributed by atoms with Gasteiger partial charge in [-0.2, -0.15) is 0 Å². The van der Waals surface area contributed by atoms with Gasteiger partial charge in [0.1, 0.15) is 5.82 Å². The van der Waals surface area contributed by atoms with Gasteiger partial charge in [0.05, 0.1) is 40.5 Å². The minimum absolute atomic E-state index is 0.107. The van der Waals surface area contributed by atoms with Crippen molar-refractivity contribution in [2.75, 3.05) is 31.5 Å². The van der Waals surface area contributed by atoms with Crippen LogP contribution in [-0.4, -0.2) is 82.9 Å². The second-order valence-electron chi connectivity index (χ2n) is 13.0. The van der Waals surface area contributed by atoms with E-state index in [0.717, 1.165) is 22.9 Å².